The zero-order valence-corrected chi connectivity index (χ0v) is 10.2. The van der Waals surface area contributed by atoms with E-state index in [1.807, 2.05) is 25.1 Å². The molecule has 14 heavy (non-hydrogen) atoms. The first-order chi connectivity index (χ1) is 6.09. The smallest absolute Gasteiger partial charge is 0.186 e. The van der Waals surface area contributed by atoms with Crippen molar-refractivity contribution in [3.05, 3.63) is 33.8 Å². The van der Waals surface area contributed by atoms with Gasteiger partial charge in [-0.25, -0.2) is 4.99 Å². The second kappa shape index (κ2) is 5.88. The second-order valence-corrected chi connectivity index (χ2v) is 3.68. The van der Waals surface area contributed by atoms with Gasteiger partial charge in [-0.3, -0.25) is 0 Å². The highest BCUT2D eigenvalue weighted by Gasteiger charge is 1.96. The van der Waals surface area contributed by atoms with Crippen molar-refractivity contribution >= 4 is 34.3 Å². The number of aryl methyl sites for hydroxylation is 1. The minimum absolute atomic E-state index is 0. The van der Waals surface area contributed by atoms with Gasteiger partial charge in [-0.05, 0) is 24.1 Å². The van der Waals surface area contributed by atoms with Gasteiger partial charge >= 0.3 is 0 Å². The Bertz CT molecular complexity index is 335. The van der Waals surface area contributed by atoms with Crippen LogP contribution in [0.15, 0.2) is 27.7 Å². The van der Waals surface area contributed by atoms with E-state index in [0.717, 1.165) is 10.0 Å². The Labute approximate surface area is 98.1 Å². The summed E-state index contributed by atoms with van der Waals surface area (Å²) in [6.45, 7) is 2.57. The van der Waals surface area contributed by atoms with Gasteiger partial charge in [0.1, 0.15) is 0 Å². The summed E-state index contributed by atoms with van der Waals surface area (Å²) in [5, 5.41) is 0. The zero-order valence-electron chi connectivity index (χ0n) is 7.83. The predicted octanol–water partition coefficient (Wildman–Crippen LogP) is 1.95. The molecule has 1 aromatic carbocycles. The molecule has 0 fully saturated rings. The van der Waals surface area contributed by atoms with Crippen molar-refractivity contribution in [3.63, 3.8) is 0 Å². The molecule has 78 valence electrons. The molecular formula is C9H13BrClN3. The molecule has 0 saturated carbocycles. The Morgan fingerprint density at radius 2 is 2.07 bits per heavy atom. The maximum atomic E-state index is 5.22. The summed E-state index contributed by atoms with van der Waals surface area (Å²) < 4.78 is 1.08. The van der Waals surface area contributed by atoms with Crippen molar-refractivity contribution in [2.24, 2.45) is 16.5 Å². The third-order valence-electron chi connectivity index (χ3n) is 1.68. The maximum absolute atomic E-state index is 5.22. The highest BCUT2D eigenvalue weighted by Crippen LogP contribution is 2.17. The number of halogens is 2. The molecule has 0 spiro atoms. The number of aliphatic imine (C=N–C) groups is 1. The highest BCUT2D eigenvalue weighted by atomic mass is 79.9. The van der Waals surface area contributed by atoms with E-state index < -0.39 is 0 Å². The van der Waals surface area contributed by atoms with Gasteiger partial charge in [0.15, 0.2) is 5.96 Å². The summed E-state index contributed by atoms with van der Waals surface area (Å²) in [5.41, 5.74) is 12.7. The largest absolute Gasteiger partial charge is 0.370 e. The monoisotopic (exact) mass is 277 g/mol. The molecule has 0 atom stereocenters. The molecule has 0 radical (unpaired) electrons. The Morgan fingerprint density at radius 3 is 2.57 bits per heavy atom. The number of nitrogens with two attached hydrogens (primary N) is 2. The standard InChI is InChI=1S/C9H12BrN3.ClH/c1-6-2-3-7(4-8(6)10)5-13-9(11)12;/h2-4H,5H2,1H3,(H4,11,12,13);1H. The Kier molecular flexibility index (Phi) is 5.57. The van der Waals surface area contributed by atoms with Gasteiger partial charge in [-0.1, -0.05) is 28.1 Å². The zero-order chi connectivity index (χ0) is 9.84. The van der Waals surface area contributed by atoms with Crippen LogP contribution in [0.2, 0.25) is 0 Å². The van der Waals surface area contributed by atoms with E-state index in [1.54, 1.807) is 0 Å². The Hall–Kier alpha value is -0.740. The van der Waals surface area contributed by atoms with Crippen LogP contribution in [0.4, 0.5) is 0 Å². The number of hydrogen-bond acceptors (Lipinski definition) is 1. The lowest BCUT2D eigenvalue weighted by Crippen LogP contribution is -2.22. The molecule has 1 aromatic rings. The van der Waals surface area contributed by atoms with Crippen molar-refractivity contribution in [1.82, 2.24) is 0 Å². The van der Waals surface area contributed by atoms with E-state index in [4.69, 9.17) is 11.5 Å². The molecule has 0 unspecified atom stereocenters. The minimum Gasteiger partial charge on any atom is -0.370 e. The summed E-state index contributed by atoms with van der Waals surface area (Å²) in [6, 6.07) is 6.05. The van der Waals surface area contributed by atoms with Gasteiger partial charge in [0, 0.05) is 4.47 Å². The second-order valence-electron chi connectivity index (χ2n) is 2.82. The molecule has 1 rings (SSSR count). The third kappa shape index (κ3) is 3.98. The summed E-state index contributed by atoms with van der Waals surface area (Å²) >= 11 is 3.44. The Morgan fingerprint density at radius 1 is 1.43 bits per heavy atom. The summed E-state index contributed by atoms with van der Waals surface area (Å²) in [4.78, 5) is 3.92. The number of guanidine groups is 1. The van der Waals surface area contributed by atoms with Crippen LogP contribution in [0, 0.1) is 6.92 Å². The lowest BCUT2D eigenvalue weighted by molar-refractivity contribution is 1.05. The topological polar surface area (TPSA) is 64.4 Å². The summed E-state index contributed by atoms with van der Waals surface area (Å²) in [6.07, 6.45) is 0. The molecule has 0 bridgehead atoms. The molecule has 5 heteroatoms. The van der Waals surface area contributed by atoms with Crippen molar-refractivity contribution in [2.75, 3.05) is 0 Å². The van der Waals surface area contributed by atoms with Gasteiger partial charge in [0.25, 0.3) is 0 Å². The van der Waals surface area contributed by atoms with Crippen molar-refractivity contribution in [2.45, 2.75) is 13.5 Å². The number of nitrogens with zero attached hydrogens (tertiary/aromatic N) is 1. The SMILES string of the molecule is Cc1ccc(CN=C(N)N)cc1Br.Cl. The number of rotatable bonds is 2. The average Bonchev–Trinajstić information content (AvgIpc) is 2.07. The lowest BCUT2D eigenvalue weighted by Gasteiger charge is -2.01. The fourth-order valence-electron chi connectivity index (χ4n) is 0.917. The quantitative estimate of drug-likeness (QED) is 0.641. The molecule has 0 aliphatic rings. The van der Waals surface area contributed by atoms with Crippen LogP contribution < -0.4 is 11.5 Å². The molecule has 0 aliphatic heterocycles. The van der Waals surface area contributed by atoms with Crippen LogP contribution >= 0.6 is 28.3 Å². The fourth-order valence-corrected chi connectivity index (χ4v) is 1.34. The first kappa shape index (κ1) is 13.3. The van der Waals surface area contributed by atoms with Gasteiger partial charge in [-0.15, -0.1) is 12.4 Å². The van der Waals surface area contributed by atoms with Gasteiger partial charge in [0.05, 0.1) is 6.54 Å². The normalized spacial score (nSPS) is 9.00. The summed E-state index contributed by atoms with van der Waals surface area (Å²) in [7, 11) is 0. The van der Waals surface area contributed by atoms with Crippen molar-refractivity contribution in [3.8, 4) is 0 Å². The molecular weight excluding hydrogens is 265 g/mol. The van der Waals surface area contributed by atoms with Crippen LogP contribution in [0.1, 0.15) is 11.1 Å². The first-order valence-electron chi connectivity index (χ1n) is 3.90. The van der Waals surface area contributed by atoms with Crippen molar-refractivity contribution in [1.29, 1.82) is 0 Å². The average molecular weight is 279 g/mol. The predicted molar refractivity (Wildman–Crippen MR) is 65.6 cm³/mol. The molecule has 0 aromatic heterocycles. The van der Waals surface area contributed by atoms with E-state index in [9.17, 15) is 0 Å². The number of hydrogen-bond donors (Lipinski definition) is 2. The molecule has 0 saturated heterocycles. The molecule has 0 amide bonds. The van der Waals surface area contributed by atoms with Crippen LogP contribution in [-0.4, -0.2) is 5.96 Å². The molecule has 3 nitrogen and oxygen atoms in total. The van der Waals surface area contributed by atoms with Gasteiger partial charge in [-0.2, -0.15) is 0 Å². The van der Waals surface area contributed by atoms with Crippen LogP contribution in [-0.2, 0) is 6.54 Å². The van der Waals surface area contributed by atoms with Crippen LogP contribution in [0.25, 0.3) is 0 Å². The summed E-state index contributed by atoms with van der Waals surface area (Å²) in [5.74, 6) is 0.122. The fraction of sp³-hybridized carbons (Fsp3) is 0.222. The van der Waals surface area contributed by atoms with Gasteiger partial charge in [0.2, 0.25) is 0 Å². The van der Waals surface area contributed by atoms with E-state index >= 15 is 0 Å². The molecule has 4 N–H and O–H groups in total. The molecule has 0 heterocycles. The van der Waals surface area contributed by atoms with E-state index in [-0.39, 0.29) is 18.4 Å². The van der Waals surface area contributed by atoms with Crippen molar-refractivity contribution < 1.29 is 0 Å². The van der Waals surface area contributed by atoms with E-state index in [0.29, 0.717) is 6.54 Å². The number of benzene rings is 1. The first-order valence-corrected chi connectivity index (χ1v) is 4.69. The third-order valence-corrected chi connectivity index (χ3v) is 2.53. The van der Waals surface area contributed by atoms with Crippen LogP contribution in [0.5, 0.6) is 0 Å². The lowest BCUT2D eigenvalue weighted by atomic mass is 10.1. The van der Waals surface area contributed by atoms with E-state index in [2.05, 4.69) is 20.9 Å². The molecule has 0 aliphatic carbocycles. The highest BCUT2D eigenvalue weighted by molar-refractivity contribution is 9.10. The van der Waals surface area contributed by atoms with Gasteiger partial charge < -0.3 is 11.5 Å². The van der Waals surface area contributed by atoms with E-state index in [1.165, 1.54) is 5.56 Å². The maximum Gasteiger partial charge on any atom is 0.186 e. The minimum atomic E-state index is 0. The Balaban J connectivity index is 0.00000169. The van der Waals surface area contributed by atoms with Crippen LogP contribution in [0.3, 0.4) is 0 Å².